The first-order valence-electron chi connectivity index (χ1n) is 1.99. The Hall–Kier alpha value is -1.13. The van der Waals surface area contributed by atoms with Gasteiger partial charge in [-0.2, -0.15) is 4.79 Å². The molecule has 5 nitrogen and oxygen atoms in total. The summed E-state index contributed by atoms with van der Waals surface area (Å²) in [4.78, 5) is 18.1. The van der Waals surface area contributed by atoms with E-state index in [1.165, 1.54) is 6.92 Å². The molecule has 0 aliphatic carbocycles. The molecule has 0 fully saturated rings. The molecule has 46 valence electrons. The summed E-state index contributed by atoms with van der Waals surface area (Å²) in [6, 6.07) is 0. The Bertz CT molecular complexity index is 110. The Morgan fingerprint density at radius 1 is 1.88 bits per heavy atom. The van der Waals surface area contributed by atoms with E-state index in [4.69, 9.17) is 0 Å². The van der Waals surface area contributed by atoms with E-state index in [-0.39, 0.29) is 6.61 Å². The summed E-state index contributed by atoms with van der Waals surface area (Å²) < 4.78 is 3.97. The van der Waals surface area contributed by atoms with E-state index >= 15 is 0 Å². The molecule has 0 saturated heterocycles. The number of hydrogen-bond donors (Lipinski definition) is 0. The zero-order valence-corrected chi connectivity index (χ0v) is 4.29. The topological polar surface area (TPSA) is 69.4 Å². The van der Waals surface area contributed by atoms with Crippen molar-refractivity contribution >= 4 is 6.09 Å². The number of nitrogens with zero attached hydrogens (tertiary/aromatic N) is 1. The largest absolute Gasteiger partial charge is 0.656 e. The van der Waals surface area contributed by atoms with Crippen LogP contribution in [-0.4, -0.2) is 17.6 Å². The van der Waals surface area contributed by atoms with Crippen molar-refractivity contribution in [3.63, 3.8) is 0 Å². The minimum absolute atomic E-state index is 0.0415. The van der Waals surface area contributed by atoms with Crippen molar-refractivity contribution in [3.05, 3.63) is 10.1 Å². The van der Waals surface area contributed by atoms with Crippen molar-refractivity contribution in [2.45, 2.75) is 6.92 Å². The highest BCUT2D eigenvalue weighted by atomic mass is 16.7. The lowest BCUT2D eigenvalue weighted by Gasteiger charge is -1.87. The van der Waals surface area contributed by atoms with Gasteiger partial charge in [-0.25, -0.2) is 0 Å². The highest BCUT2D eigenvalue weighted by Crippen LogP contribution is 1.79. The maximum Gasteiger partial charge on any atom is 0.656 e. The van der Waals surface area contributed by atoms with E-state index in [0.717, 1.165) is 0 Å². The smallest absolute Gasteiger partial charge is 0.408 e. The molecule has 0 rings (SSSR count). The van der Waals surface area contributed by atoms with Gasteiger partial charge in [0.25, 0.3) is 0 Å². The van der Waals surface area contributed by atoms with Crippen molar-refractivity contribution in [1.82, 2.24) is 0 Å². The van der Waals surface area contributed by atoms with Crippen LogP contribution in [0.4, 0.5) is 4.79 Å². The van der Waals surface area contributed by atoms with Crippen LogP contribution in [0.5, 0.6) is 0 Å². The molecule has 0 aliphatic rings. The van der Waals surface area contributed by atoms with Gasteiger partial charge in [0.1, 0.15) is 4.92 Å². The molecular weight excluding hydrogens is 114 g/mol. The third kappa shape index (κ3) is 2.12. The van der Waals surface area contributed by atoms with Gasteiger partial charge >= 0.3 is 6.09 Å². The Balaban J connectivity index is 3.49. The Morgan fingerprint density at radius 2 is 2.38 bits per heavy atom. The van der Waals surface area contributed by atoms with Crippen LogP contribution in [0.3, 0.4) is 0 Å². The summed E-state index contributed by atoms with van der Waals surface area (Å²) >= 11 is 0. The highest BCUT2D eigenvalue weighted by molar-refractivity contribution is 5.57. The molecule has 5 heteroatoms. The maximum absolute atomic E-state index is 9.82. The van der Waals surface area contributed by atoms with Crippen molar-refractivity contribution < 1.29 is 14.5 Å². The van der Waals surface area contributed by atoms with Gasteiger partial charge in [-0.05, 0) is 6.92 Å². The third-order valence-electron chi connectivity index (χ3n) is 0.417. The molecule has 1 amide bonds. The average molecular weight is 119 g/mol. The molecule has 0 atom stereocenters. The summed E-state index contributed by atoms with van der Waals surface area (Å²) in [5.41, 5.74) is 0. The summed E-state index contributed by atoms with van der Waals surface area (Å²) in [5.74, 6) is 0. The molecule has 0 bridgehead atoms. The summed E-state index contributed by atoms with van der Waals surface area (Å²) in [5, 5.41) is 9.42. The molecule has 0 radical (unpaired) electrons. The van der Waals surface area contributed by atoms with Gasteiger partial charge in [0.05, 0.1) is 6.61 Å². The number of carbonyl (C=O) groups is 1. The third-order valence-corrected chi connectivity index (χ3v) is 0.417. The zero-order valence-electron chi connectivity index (χ0n) is 4.29. The molecule has 0 saturated carbocycles. The predicted octanol–water partition coefficient (Wildman–Crippen LogP) is 0.420. The van der Waals surface area contributed by atoms with Gasteiger partial charge < -0.3 is 4.74 Å². The van der Waals surface area contributed by atoms with Crippen LogP contribution in [0, 0.1) is 10.1 Å². The van der Waals surface area contributed by atoms with Gasteiger partial charge in [-0.1, -0.05) is 0 Å². The minimum Gasteiger partial charge on any atom is -0.408 e. The normalized spacial score (nSPS) is 8.12. The lowest BCUT2D eigenvalue weighted by atomic mass is 10.9. The van der Waals surface area contributed by atoms with Crippen molar-refractivity contribution in [3.8, 4) is 0 Å². The van der Waals surface area contributed by atoms with E-state index in [1.807, 2.05) is 0 Å². The van der Waals surface area contributed by atoms with Crippen molar-refractivity contribution in [2.75, 3.05) is 6.61 Å². The monoisotopic (exact) mass is 119 g/mol. The molecule has 0 heterocycles. The summed E-state index contributed by atoms with van der Waals surface area (Å²) in [7, 11) is 0. The molecule has 0 spiro atoms. The molecule has 0 N–H and O–H groups in total. The van der Waals surface area contributed by atoms with E-state index < -0.39 is 11.0 Å². The lowest BCUT2D eigenvalue weighted by Crippen LogP contribution is -2.12. The predicted molar refractivity (Wildman–Crippen MR) is 24.0 cm³/mol. The fourth-order valence-electron chi connectivity index (χ4n) is 0.176. The van der Waals surface area contributed by atoms with E-state index in [1.54, 1.807) is 0 Å². The standard InChI is InChI=1S/C3H5NO4/c1-2-8-3(5)4(6)7/h2H2,1H3. The van der Waals surface area contributed by atoms with Crippen molar-refractivity contribution in [1.29, 1.82) is 0 Å². The number of amides is 1. The Kier molecular flexibility index (Phi) is 2.53. The second-order valence-electron chi connectivity index (χ2n) is 0.956. The maximum atomic E-state index is 9.82. The van der Waals surface area contributed by atoms with Crippen LogP contribution in [0.1, 0.15) is 6.92 Å². The Morgan fingerprint density at radius 3 is 2.50 bits per heavy atom. The summed E-state index contributed by atoms with van der Waals surface area (Å²) in [6.45, 7) is 1.54. The number of nitro groups is 1. The summed E-state index contributed by atoms with van der Waals surface area (Å²) in [6.07, 6.45) is -1.40. The molecule has 8 heavy (non-hydrogen) atoms. The van der Waals surface area contributed by atoms with Crippen LogP contribution < -0.4 is 0 Å². The van der Waals surface area contributed by atoms with Crippen LogP contribution >= 0.6 is 0 Å². The highest BCUT2D eigenvalue weighted by Gasteiger charge is 2.14. The first kappa shape index (κ1) is 6.87. The zero-order chi connectivity index (χ0) is 6.57. The first-order chi connectivity index (χ1) is 3.68. The Labute approximate surface area is 45.4 Å². The van der Waals surface area contributed by atoms with Crippen LogP contribution in [0.15, 0.2) is 0 Å². The van der Waals surface area contributed by atoms with Crippen LogP contribution in [-0.2, 0) is 4.74 Å². The number of ether oxygens (including phenoxy) is 1. The fraction of sp³-hybridized carbons (Fsp3) is 0.667. The first-order valence-corrected chi connectivity index (χ1v) is 1.99. The molecule has 0 aromatic carbocycles. The molecule has 0 aromatic heterocycles. The lowest BCUT2D eigenvalue weighted by molar-refractivity contribution is -0.395. The second-order valence-corrected chi connectivity index (χ2v) is 0.956. The second kappa shape index (κ2) is 2.95. The van der Waals surface area contributed by atoms with E-state index in [9.17, 15) is 14.9 Å². The van der Waals surface area contributed by atoms with E-state index in [0.29, 0.717) is 0 Å². The fourth-order valence-corrected chi connectivity index (χ4v) is 0.176. The number of rotatable bonds is 1. The minimum atomic E-state index is -1.40. The molecule has 0 unspecified atom stereocenters. The molecule has 0 aliphatic heterocycles. The van der Waals surface area contributed by atoms with Gasteiger partial charge in [-0.15, -0.1) is 0 Å². The van der Waals surface area contributed by atoms with Crippen LogP contribution in [0.25, 0.3) is 0 Å². The average Bonchev–Trinajstić information content (AvgIpc) is 1.67. The SMILES string of the molecule is CCOC(=O)[N+](=O)[O-]. The van der Waals surface area contributed by atoms with Crippen LogP contribution in [0.2, 0.25) is 0 Å². The number of carbonyl (C=O) groups excluding carboxylic acids is 1. The van der Waals surface area contributed by atoms with E-state index in [2.05, 4.69) is 4.74 Å². The van der Waals surface area contributed by atoms with Gasteiger partial charge in [0.2, 0.25) is 0 Å². The molecule has 0 aromatic rings. The quantitative estimate of drug-likeness (QED) is 0.370. The van der Waals surface area contributed by atoms with Gasteiger partial charge in [-0.3, -0.25) is 10.1 Å². The van der Waals surface area contributed by atoms with Gasteiger partial charge in [0, 0.05) is 0 Å². The number of hydrogen-bond acceptors (Lipinski definition) is 4. The van der Waals surface area contributed by atoms with Crippen molar-refractivity contribution in [2.24, 2.45) is 0 Å². The van der Waals surface area contributed by atoms with Gasteiger partial charge in [0.15, 0.2) is 0 Å². The molecular formula is C3H5NO4.